The van der Waals surface area contributed by atoms with Gasteiger partial charge in [0.15, 0.2) is 0 Å². The Kier molecular flexibility index (Phi) is 5.76. The van der Waals surface area contributed by atoms with Crippen molar-refractivity contribution < 1.29 is 5.11 Å². The maximum absolute atomic E-state index is 9.35. The van der Waals surface area contributed by atoms with Gasteiger partial charge in [0.05, 0.1) is 12.0 Å². The van der Waals surface area contributed by atoms with Crippen LogP contribution in [-0.2, 0) is 0 Å². The summed E-state index contributed by atoms with van der Waals surface area (Å²) in [5.41, 5.74) is 0. The first-order valence-electron chi connectivity index (χ1n) is 7.57. The van der Waals surface area contributed by atoms with Crippen LogP contribution in [0.15, 0.2) is 6.07 Å². The van der Waals surface area contributed by atoms with Crippen LogP contribution in [0.3, 0.4) is 0 Å². The molecule has 0 saturated carbocycles. The zero-order chi connectivity index (χ0) is 15.2. The van der Waals surface area contributed by atoms with Crippen molar-refractivity contribution in [2.75, 3.05) is 36.5 Å². The number of fused-ring (bicyclic) bond motifs is 1. The monoisotopic (exact) mass is 308 g/mol. The summed E-state index contributed by atoms with van der Waals surface area (Å²) in [6.07, 6.45) is 2.21. The number of hydrogen-bond donors (Lipinski definition) is 2. The first-order valence-corrected chi connectivity index (χ1v) is 8.39. The quantitative estimate of drug-likeness (QED) is 0.785. The Morgan fingerprint density at radius 3 is 2.76 bits per heavy atom. The van der Waals surface area contributed by atoms with E-state index in [1.165, 1.54) is 4.88 Å². The van der Waals surface area contributed by atoms with Gasteiger partial charge < -0.3 is 15.3 Å². The molecule has 5 nitrogen and oxygen atoms in total. The number of nitrogens with one attached hydrogen (secondary N) is 1. The summed E-state index contributed by atoms with van der Waals surface area (Å²) in [4.78, 5) is 13.7. The molecule has 116 valence electrons. The van der Waals surface area contributed by atoms with Crippen LogP contribution in [0.25, 0.3) is 10.2 Å². The minimum absolute atomic E-state index is 0.134. The molecule has 0 spiro atoms. The predicted molar refractivity (Wildman–Crippen MR) is 90.5 cm³/mol. The van der Waals surface area contributed by atoms with Gasteiger partial charge in [0, 0.05) is 24.5 Å². The second kappa shape index (κ2) is 7.56. The fourth-order valence-electron chi connectivity index (χ4n) is 2.30. The Balaban J connectivity index is 2.46. The summed E-state index contributed by atoms with van der Waals surface area (Å²) < 4.78 is 0. The average molecular weight is 308 g/mol. The SMILES string of the molecule is CCCCN(CCO)c1nc(NCC)nc2sc(C)cc12. The van der Waals surface area contributed by atoms with E-state index in [9.17, 15) is 5.11 Å². The van der Waals surface area contributed by atoms with Crippen molar-refractivity contribution in [1.82, 2.24) is 9.97 Å². The highest BCUT2D eigenvalue weighted by Crippen LogP contribution is 2.31. The van der Waals surface area contributed by atoms with E-state index in [1.807, 2.05) is 6.92 Å². The highest BCUT2D eigenvalue weighted by atomic mass is 32.1. The molecule has 0 unspecified atom stereocenters. The van der Waals surface area contributed by atoms with Gasteiger partial charge in [-0.2, -0.15) is 4.98 Å². The van der Waals surface area contributed by atoms with Crippen molar-refractivity contribution in [3.05, 3.63) is 10.9 Å². The fraction of sp³-hybridized carbons (Fsp3) is 0.600. The number of aliphatic hydroxyl groups is 1. The van der Waals surface area contributed by atoms with Gasteiger partial charge in [0.25, 0.3) is 0 Å². The van der Waals surface area contributed by atoms with Gasteiger partial charge in [0.2, 0.25) is 5.95 Å². The molecule has 0 aliphatic carbocycles. The van der Waals surface area contributed by atoms with Gasteiger partial charge in [-0.15, -0.1) is 11.3 Å². The highest BCUT2D eigenvalue weighted by molar-refractivity contribution is 7.18. The number of nitrogens with zero attached hydrogens (tertiary/aromatic N) is 3. The molecule has 0 aliphatic rings. The number of thiophene rings is 1. The largest absolute Gasteiger partial charge is 0.395 e. The van der Waals surface area contributed by atoms with Crippen LogP contribution in [-0.4, -0.2) is 41.3 Å². The van der Waals surface area contributed by atoms with E-state index in [-0.39, 0.29) is 6.61 Å². The molecule has 0 saturated heterocycles. The second-order valence-electron chi connectivity index (χ2n) is 5.04. The van der Waals surface area contributed by atoms with Crippen LogP contribution < -0.4 is 10.2 Å². The maximum Gasteiger partial charge on any atom is 0.226 e. The number of aliphatic hydroxyl groups excluding tert-OH is 1. The molecule has 0 bridgehead atoms. The molecule has 0 aromatic carbocycles. The minimum atomic E-state index is 0.134. The zero-order valence-electron chi connectivity index (χ0n) is 13.0. The molecule has 6 heteroatoms. The smallest absolute Gasteiger partial charge is 0.226 e. The number of aromatic nitrogens is 2. The van der Waals surface area contributed by atoms with Crippen LogP contribution >= 0.6 is 11.3 Å². The molecular formula is C15H24N4OS. The summed E-state index contributed by atoms with van der Waals surface area (Å²) in [5, 5.41) is 13.6. The average Bonchev–Trinajstić information content (AvgIpc) is 2.83. The molecule has 0 amide bonds. The number of hydrogen-bond acceptors (Lipinski definition) is 6. The number of anilines is 2. The van der Waals surface area contributed by atoms with Crippen LogP contribution in [0, 0.1) is 6.92 Å². The predicted octanol–water partition coefficient (Wildman–Crippen LogP) is 3.03. The van der Waals surface area contributed by atoms with E-state index in [0.717, 1.165) is 42.0 Å². The van der Waals surface area contributed by atoms with Gasteiger partial charge in [-0.3, -0.25) is 0 Å². The lowest BCUT2D eigenvalue weighted by Crippen LogP contribution is -2.29. The molecule has 0 fully saturated rings. The van der Waals surface area contributed by atoms with E-state index >= 15 is 0 Å². The van der Waals surface area contributed by atoms with Crippen molar-refractivity contribution in [2.24, 2.45) is 0 Å². The highest BCUT2D eigenvalue weighted by Gasteiger charge is 2.16. The summed E-state index contributed by atoms with van der Waals surface area (Å²) in [6.45, 7) is 8.74. The molecule has 0 radical (unpaired) electrons. The lowest BCUT2D eigenvalue weighted by molar-refractivity contribution is 0.301. The lowest BCUT2D eigenvalue weighted by atomic mass is 10.2. The molecule has 0 aliphatic heterocycles. The molecule has 2 aromatic heterocycles. The normalized spacial score (nSPS) is 11.0. The van der Waals surface area contributed by atoms with Gasteiger partial charge >= 0.3 is 0 Å². The molecule has 2 aromatic rings. The Bertz CT molecular complexity index is 584. The fourth-order valence-corrected chi connectivity index (χ4v) is 3.17. The Labute approximate surface area is 130 Å². The van der Waals surface area contributed by atoms with Crippen LogP contribution in [0.2, 0.25) is 0 Å². The van der Waals surface area contributed by atoms with Crippen LogP contribution in [0.1, 0.15) is 31.6 Å². The Morgan fingerprint density at radius 1 is 1.29 bits per heavy atom. The summed E-state index contributed by atoms with van der Waals surface area (Å²) in [7, 11) is 0. The first-order chi connectivity index (χ1) is 10.2. The van der Waals surface area contributed by atoms with Crippen molar-refractivity contribution >= 4 is 33.3 Å². The summed E-state index contributed by atoms with van der Waals surface area (Å²) >= 11 is 1.69. The van der Waals surface area contributed by atoms with E-state index in [1.54, 1.807) is 11.3 Å². The van der Waals surface area contributed by atoms with Crippen LogP contribution in [0.5, 0.6) is 0 Å². The third kappa shape index (κ3) is 3.83. The molecule has 2 rings (SSSR count). The minimum Gasteiger partial charge on any atom is -0.395 e. The van der Waals surface area contributed by atoms with E-state index in [2.05, 4.69) is 40.1 Å². The van der Waals surface area contributed by atoms with Crippen LogP contribution in [0.4, 0.5) is 11.8 Å². The molecular weight excluding hydrogens is 284 g/mol. The lowest BCUT2D eigenvalue weighted by Gasteiger charge is -2.23. The number of unbranched alkanes of at least 4 members (excludes halogenated alkanes) is 1. The first kappa shape index (κ1) is 16.0. The van der Waals surface area contributed by atoms with Gasteiger partial charge in [0.1, 0.15) is 10.6 Å². The van der Waals surface area contributed by atoms with E-state index < -0.39 is 0 Å². The number of aryl methyl sites for hydroxylation is 1. The van der Waals surface area contributed by atoms with E-state index in [4.69, 9.17) is 0 Å². The van der Waals surface area contributed by atoms with Crippen molar-refractivity contribution in [3.63, 3.8) is 0 Å². The Morgan fingerprint density at radius 2 is 2.10 bits per heavy atom. The van der Waals surface area contributed by atoms with Gasteiger partial charge in [-0.25, -0.2) is 4.98 Å². The summed E-state index contributed by atoms with van der Waals surface area (Å²) in [6, 6.07) is 2.14. The maximum atomic E-state index is 9.35. The standard InChI is InChI=1S/C15H24N4OS/c1-4-6-7-19(8-9-20)13-12-10-11(3)21-14(12)18-15(17-13)16-5-2/h10,20H,4-9H2,1-3H3,(H,16,17,18). The summed E-state index contributed by atoms with van der Waals surface area (Å²) in [5.74, 6) is 1.60. The van der Waals surface area contributed by atoms with Gasteiger partial charge in [-0.05, 0) is 26.3 Å². The van der Waals surface area contributed by atoms with Crippen molar-refractivity contribution in [2.45, 2.75) is 33.6 Å². The number of rotatable bonds is 8. The molecule has 0 atom stereocenters. The third-order valence-corrected chi connectivity index (χ3v) is 4.23. The molecule has 2 N–H and O–H groups in total. The van der Waals surface area contributed by atoms with E-state index in [0.29, 0.717) is 12.5 Å². The van der Waals surface area contributed by atoms with Crippen molar-refractivity contribution in [1.29, 1.82) is 0 Å². The third-order valence-electron chi connectivity index (χ3n) is 3.28. The molecule has 2 heterocycles. The van der Waals surface area contributed by atoms with Gasteiger partial charge in [-0.1, -0.05) is 13.3 Å². The molecule has 21 heavy (non-hydrogen) atoms. The second-order valence-corrected chi connectivity index (χ2v) is 6.28. The van der Waals surface area contributed by atoms with Crippen molar-refractivity contribution in [3.8, 4) is 0 Å². The Hall–Kier alpha value is -1.40. The topological polar surface area (TPSA) is 61.3 Å². The zero-order valence-corrected chi connectivity index (χ0v) is 13.8.